The fourth-order valence-corrected chi connectivity index (χ4v) is 2.41. The number of hydrogen-bond donors (Lipinski definition) is 2. The highest BCUT2D eigenvalue weighted by molar-refractivity contribution is 5.88. The number of carbonyl (C=O) groups excluding carboxylic acids is 1. The Morgan fingerprint density at radius 1 is 1.13 bits per heavy atom. The summed E-state index contributed by atoms with van der Waals surface area (Å²) in [7, 11) is 0. The molecule has 0 aliphatic rings. The van der Waals surface area contributed by atoms with Crippen LogP contribution in [0.1, 0.15) is 36.6 Å². The second-order valence-corrected chi connectivity index (χ2v) is 5.98. The molecule has 1 aromatic carbocycles. The number of pyridine rings is 1. The van der Waals surface area contributed by atoms with Gasteiger partial charge in [-0.1, -0.05) is 36.4 Å². The zero-order valence-corrected chi connectivity index (χ0v) is 14.1. The summed E-state index contributed by atoms with van der Waals surface area (Å²) in [6.45, 7) is 5.96. The van der Waals surface area contributed by atoms with E-state index in [0.717, 1.165) is 30.5 Å². The number of aromatic nitrogens is 1. The van der Waals surface area contributed by atoms with Gasteiger partial charge in [0.25, 0.3) is 0 Å². The predicted molar refractivity (Wildman–Crippen MR) is 94.7 cm³/mol. The van der Waals surface area contributed by atoms with Gasteiger partial charge in [0.05, 0.1) is 0 Å². The molecule has 1 atom stereocenters. The molecular formula is C19H25N3O. The Hall–Kier alpha value is -2.36. The number of anilines is 1. The minimum absolute atomic E-state index is 0.130. The number of nitrogens with zero attached hydrogens (tertiary/aromatic N) is 1. The van der Waals surface area contributed by atoms with Crippen LogP contribution in [-0.2, 0) is 6.42 Å². The first-order valence-electron chi connectivity index (χ1n) is 8.10. The van der Waals surface area contributed by atoms with Crippen LogP contribution in [0.3, 0.4) is 0 Å². The van der Waals surface area contributed by atoms with E-state index in [9.17, 15) is 4.79 Å². The minimum atomic E-state index is -0.201. The maximum atomic E-state index is 12.0. The standard InChI is InChI=1S/C19H25N3O/c1-14-12-13-18(21-16(14)3)22-19(23)20-15(2)8-7-11-17-9-5-4-6-10-17/h4-6,9-10,12-13,15H,7-8,11H2,1-3H3,(H2,20,21,22,23). The summed E-state index contributed by atoms with van der Waals surface area (Å²) in [4.78, 5) is 16.3. The third kappa shape index (κ3) is 5.74. The molecule has 2 N–H and O–H groups in total. The SMILES string of the molecule is Cc1ccc(NC(=O)NC(C)CCCc2ccccc2)nc1C. The molecule has 4 nitrogen and oxygen atoms in total. The van der Waals surface area contributed by atoms with Gasteiger partial charge in [-0.25, -0.2) is 9.78 Å². The van der Waals surface area contributed by atoms with E-state index in [-0.39, 0.29) is 12.1 Å². The number of hydrogen-bond acceptors (Lipinski definition) is 2. The molecule has 1 unspecified atom stereocenters. The zero-order valence-electron chi connectivity index (χ0n) is 14.1. The van der Waals surface area contributed by atoms with Crippen LogP contribution in [0.4, 0.5) is 10.6 Å². The van der Waals surface area contributed by atoms with Crippen LogP contribution in [0.25, 0.3) is 0 Å². The topological polar surface area (TPSA) is 54.0 Å². The third-order valence-corrected chi connectivity index (χ3v) is 3.91. The third-order valence-electron chi connectivity index (χ3n) is 3.91. The van der Waals surface area contributed by atoms with Crippen molar-refractivity contribution in [3.05, 3.63) is 59.3 Å². The lowest BCUT2D eigenvalue weighted by Crippen LogP contribution is -2.36. The van der Waals surface area contributed by atoms with Crippen molar-refractivity contribution >= 4 is 11.8 Å². The van der Waals surface area contributed by atoms with Crippen molar-refractivity contribution < 1.29 is 4.79 Å². The van der Waals surface area contributed by atoms with Gasteiger partial charge in [0.15, 0.2) is 0 Å². The molecule has 4 heteroatoms. The van der Waals surface area contributed by atoms with Gasteiger partial charge in [0.2, 0.25) is 0 Å². The van der Waals surface area contributed by atoms with Crippen molar-refractivity contribution in [2.45, 2.75) is 46.1 Å². The number of amides is 2. The number of aryl methyl sites for hydroxylation is 3. The first-order valence-corrected chi connectivity index (χ1v) is 8.10. The quantitative estimate of drug-likeness (QED) is 0.838. The highest BCUT2D eigenvalue weighted by Gasteiger charge is 2.08. The van der Waals surface area contributed by atoms with E-state index < -0.39 is 0 Å². The normalized spacial score (nSPS) is 11.8. The number of urea groups is 1. The molecule has 0 saturated heterocycles. The largest absolute Gasteiger partial charge is 0.335 e. The highest BCUT2D eigenvalue weighted by atomic mass is 16.2. The van der Waals surface area contributed by atoms with E-state index in [4.69, 9.17) is 0 Å². The predicted octanol–water partition coefficient (Wildman–Crippen LogP) is 4.23. The van der Waals surface area contributed by atoms with Crippen molar-refractivity contribution in [3.8, 4) is 0 Å². The van der Waals surface area contributed by atoms with Crippen molar-refractivity contribution in [1.29, 1.82) is 0 Å². The van der Waals surface area contributed by atoms with Crippen molar-refractivity contribution in [2.24, 2.45) is 0 Å². The Balaban J connectivity index is 1.72. The summed E-state index contributed by atoms with van der Waals surface area (Å²) in [5, 5.41) is 5.75. The Kier molecular flexibility index (Phi) is 6.15. The second kappa shape index (κ2) is 8.32. The van der Waals surface area contributed by atoms with Crippen LogP contribution < -0.4 is 10.6 Å². The van der Waals surface area contributed by atoms with E-state index in [1.54, 1.807) is 0 Å². The van der Waals surface area contributed by atoms with Crippen LogP contribution in [0.2, 0.25) is 0 Å². The number of benzene rings is 1. The van der Waals surface area contributed by atoms with Crippen LogP contribution in [0.15, 0.2) is 42.5 Å². The van der Waals surface area contributed by atoms with E-state index in [0.29, 0.717) is 5.82 Å². The van der Waals surface area contributed by atoms with Crippen molar-refractivity contribution in [3.63, 3.8) is 0 Å². The molecule has 0 spiro atoms. The lowest BCUT2D eigenvalue weighted by molar-refractivity contribution is 0.248. The molecular weight excluding hydrogens is 286 g/mol. The number of nitrogens with one attached hydrogen (secondary N) is 2. The molecule has 23 heavy (non-hydrogen) atoms. The van der Waals surface area contributed by atoms with Crippen LogP contribution in [0.5, 0.6) is 0 Å². The molecule has 2 aromatic rings. The Morgan fingerprint density at radius 2 is 1.87 bits per heavy atom. The van der Waals surface area contributed by atoms with E-state index >= 15 is 0 Å². The van der Waals surface area contributed by atoms with Gasteiger partial charge in [0.1, 0.15) is 5.82 Å². The average molecular weight is 311 g/mol. The maximum Gasteiger partial charge on any atom is 0.320 e. The monoisotopic (exact) mass is 311 g/mol. The van der Waals surface area contributed by atoms with Gasteiger partial charge >= 0.3 is 6.03 Å². The molecule has 0 saturated carbocycles. The summed E-state index contributed by atoms with van der Waals surface area (Å²) in [6.07, 6.45) is 3.03. The number of carbonyl (C=O) groups is 1. The van der Waals surface area contributed by atoms with Crippen LogP contribution >= 0.6 is 0 Å². The Morgan fingerprint density at radius 3 is 2.57 bits per heavy atom. The lowest BCUT2D eigenvalue weighted by Gasteiger charge is -2.14. The lowest BCUT2D eigenvalue weighted by atomic mass is 10.1. The molecule has 1 aromatic heterocycles. The fourth-order valence-electron chi connectivity index (χ4n) is 2.41. The van der Waals surface area contributed by atoms with Crippen molar-refractivity contribution in [1.82, 2.24) is 10.3 Å². The van der Waals surface area contributed by atoms with Gasteiger partial charge in [-0.05, 0) is 57.2 Å². The fraction of sp³-hybridized carbons (Fsp3) is 0.368. The van der Waals surface area contributed by atoms with Gasteiger partial charge < -0.3 is 5.32 Å². The van der Waals surface area contributed by atoms with E-state index in [1.807, 2.05) is 39.0 Å². The molecule has 2 rings (SSSR count). The highest BCUT2D eigenvalue weighted by Crippen LogP contribution is 2.10. The van der Waals surface area contributed by atoms with Crippen LogP contribution in [-0.4, -0.2) is 17.1 Å². The van der Waals surface area contributed by atoms with Gasteiger partial charge in [-0.15, -0.1) is 0 Å². The Bertz CT molecular complexity index is 640. The summed E-state index contributed by atoms with van der Waals surface area (Å²) < 4.78 is 0. The summed E-state index contributed by atoms with van der Waals surface area (Å²) in [5.41, 5.74) is 3.38. The van der Waals surface area contributed by atoms with Crippen molar-refractivity contribution in [2.75, 3.05) is 5.32 Å². The molecule has 0 aliphatic heterocycles. The zero-order chi connectivity index (χ0) is 16.7. The van der Waals surface area contributed by atoms with E-state index in [1.165, 1.54) is 5.56 Å². The number of rotatable bonds is 6. The summed E-state index contributed by atoms with van der Waals surface area (Å²) in [5.74, 6) is 0.585. The first-order chi connectivity index (χ1) is 11.0. The summed E-state index contributed by atoms with van der Waals surface area (Å²) in [6, 6.07) is 14.1. The average Bonchev–Trinajstić information content (AvgIpc) is 2.52. The minimum Gasteiger partial charge on any atom is -0.335 e. The van der Waals surface area contributed by atoms with Gasteiger partial charge in [0, 0.05) is 11.7 Å². The smallest absolute Gasteiger partial charge is 0.320 e. The summed E-state index contributed by atoms with van der Waals surface area (Å²) >= 11 is 0. The first kappa shape index (κ1) is 17.0. The molecule has 122 valence electrons. The molecule has 0 radical (unpaired) electrons. The molecule has 0 fully saturated rings. The Labute approximate surface area is 138 Å². The van der Waals surface area contributed by atoms with Gasteiger partial charge in [-0.2, -0.15) is 0 Å². The maximum absolute atomic E-state index is 12.0. The second-order valence-electron chi connectivity index (χ2n) is 5.98. The van der Waals surface area contributed by atoms with E-state index in [2.05, 4.69) is 39.9 Å². The van der Waals surface area contributed by atoms with Gasteiger partial charge in [-0.3, -0.25) is 5.32 Å². The molecule has 0 bridgehead atoms. The molecule has 1 heterocycles. The molecule has 2 amide bonds. The van der Waals surface area contributed by atoms with Crippen LogP contribution in [0, 0.1) is 13.8 Å². The molecule has 0 aliphatic carbocycles.